The number of fused-ring (bicyclic) bond motifs is 1. The zero-order chi connectivity index (χ0) is 10.1. The van der Waals surface area contributed by atoms with Gasteiger partial charge in [-0.25, -0.2) is 4.52 Å². The Labute approximate surface area is 89.3 Å². The highest BCUT2D eigenvalue weighted by atomic mass is 31.0. The first-order valence-corrected chi connectivity index (χ1v) is 5.70. The molecule has 0 aliphatic carbocycles. The lowest BCUT2D eigenvalue weighted by Gasteiger charge is -1.92. The van der Waals surface area contributed by atoms with E-state index in [1.807, 2.05) is 41.0 Å². The number of rotatable bonds is 1. The van der Waals surface area contributed by atoms with E-state index in [-0.39, 0.29) is 0 Å². The molecule has 2 aromatic heterocycles. The van der Waals surface area contributed by atoms with Crippen molar-refractivity contribution in [1.29, 1.82) is 0 Å². The van der Waals surface area contributed by atoms with Crippen molar-refractivity contribution in [2.75, 3.05) is 0 Å². The Morgan fingerprint density at radius 1 is 0.933 bits per heavy atom. The molecule has 2 nitrogen and oxygen atoms in total. The molecule has 0 radical (unpaired) electrons. The van der Waals surface area contributed by atoms with E-state index >= 15 is 0 Å². The molecule has 72 valence electrons. The summed E-state index contributed by atoms with van der Waals surface area (Å²) in [6.07, 6.45) is 1.98. The summed E-state index contributed by atoms with van der Waals surface area (Å²) in [7, 11) is 1.18. The first-order valence-electron chi connectivity index (χ1n) is 4.80. The minimum absolute atomic E-state index is 1.11. The van der Waals surface area contributed by atoms with E-state index in [9.17, 15) is 0 Å². The predicted molar refractivity (Wildman–Crippen MR) is 63.1 cm³/mol. The van der Waals surface area contributed by atoms with Crippen LogP contribution in [0.15, 0.2) is 54.7 Å². The molecule has 0 saturated carbocycles. The van der Waals surface area contributed by atoms with Crippen molar-refractivity contribution in [3.8, 4) is 11.0 Å². The van der Waals surface area contributed by atoms with Gasteiger partial charge in [-0.15, -0.1) is 0 Å². The molecule has 0 unspecified atom stereocenters. The number of nitrogens with zero attached hydrogens (tertiary/aromatic N) is 2. The number of hydrogen-bond acceptors (Lipinski definition) is 1. The Balaban J connectivity index is 2.21. The van der Waals surface area contributed by atoms with Gasteiger partial charge in [0.25, 0.3) is 0 Å². The van der Waals surface area contributed by atoms with Gasteiger partial charge >= 0.3 is 0 Å². The molecule has 3 aromatic rings. The summed E-state index contributed by atoms with van der Waals surface area (Å²) in [6.45, 7) is 0. The van der Waals surface area contributed by atoms with Crippen molar-refractivity contribution in [2.24, 2.45) is 0 Å². The first-order chi connectivity index (χ1) is 7.43. The molecule has 0 aliphatic rings. The maximum absolute atomic E-state index is 4.54. The summed E-state index contributed by atoms with van der Waals surface area (Å²) < 4.78 is 1.93. The number of benzene rings is 1. The number of pyridine rings is 1. The van der Waals surface area contributed by atoms with Crippen LogP contribution in [-0.2, 0) is 0 Å². The average Bonchev–Trinajstić information content (AvgIpc) is 2.74. The van der Waals surface area contributed by atoms with Gasteiger partial charge in [0.05, 0.1) is 5.25 Å². The molecular weight excluding hydrogens is 203 g/mol. The lowest BCUT2D eigenvalue weighted by Crippen LogP contribution is -1.84. The second-order valence-corrected chi connectivity index (χ2v) is 4.41. The molecule has 0 N–H and O–H groups in total. The molecule has 15 heavy (non-hydrogen) atoms. The van der Waals surface area contributed by atoms with Gasteiger partial charge in [0.15, 0.2) is 0 Å². The third-order valence-electron chi connectivity index (χ3n) is 2.27. The minimum Gasteiger partial charge on any atom is -0.235 e. The molecule has 0 fully saturated rings. The Morgan fingerprint density at radius 2 is 1.73 bits per heavy atom. The molecular formula is C12H9N2P. The van der Waals surface area contributed by atoms with Crippen LogP contribution in [0.1, 0.15) is 0 Å². The zero-order valence-corrected chi connectivity index (χ0v) is 8.93. The van der Waals surface area contributed by atoms with E-state index in [2.05, 4.69) is 23.3 Å². The fraction of sp³-hybridized carbons (Fsp3) is 0. The van der Waals surface area contributed by atoms with Crippen LogP contribution in [0.5, 0.6) is 0 Å². The highest BCUT2D eigenvalue weighted by Gasteiger charge is 2.02. The number of hydrogen-bond donors (Lipinski definition) is 0. The van der Waals surface area contributed by atoms with Gasteiger partial charge in [0.1, 0.15) is 5.43 Å². The molecule has 2 heterocycles. The highest BCUT2D eigenvalue weighted by Crippen LogP contribution is 2.29. The Hall–Kier alpha value is -1.66. The van der Waals surface area contributed by atoms with Crippen molar-refractivity contribution in [3.63, 3.8) is 0 Å². The lowest BCUT2D eigenvalue weighted by molar-refractivity contribution is 0.966. The zero-order valence-electron chi connectivity index (χ0n) is 8.04. The largest absolute Gasteiger partial charge is 0.235 e. The van der Waals surface area contributed by atoms with E-state index in [0.29, 0.717) is 0 Å². The third-order valence-corrected chi connectivity index (χ3v) is 3.42. The van der Waals surface area contributed by atoms with Crippen molar-refractivity contribution in [2.45, 2.75) is 0 Å². The summed E-state index contributed by atoms with van der Waals surface area (Å²) >= 11 is 0. The van der Waals surface area contributed by atoms with Crippen LogP contribution in [0, 0.1) is 0 Å². The third kappa shape index (κ3) is 1.53. The van der Waals surface area contributed by atoms with Crippen molar-refractivity contribution in [1.82, 2.24) is 9.61 Å². The van der Waals surface area contributed by atoms with Gasteiger partial charge < -0.3 is 0 Å². The fourth-order valence-corrected chi connectivity index (χ4v) is 2.55. The fourth-order valence-electron chi connectivity index (χ4n) is 1.54. The van der Waals surface area contributed by atoms with Crippen LogP contribution in [0.25, 0.3) is 16.2 Å². The molecule has 1 aromatic carbocycles. The van der Waals surface area contributed by atoms with E-state index in [4.69, 9.17) is 0 Å². The quantitative estimate of drug-likeness (QED) is 0.602. The number of aromatic nitrogens is 2. The van der Waals surface area contributed by atoms with Crippen molar-refractivity contribution < 1.29 is 0 Å². The topological polar surface area (TPSA) is 17.3 Å². The second kappa shape index (κ2) is 3.48. The Bertz CT molecular complexity index is 554. The van der Waals surface area contributed by atoms with Crippen LogP contribution < -0.4 is 0 Å². The second-order valence-electron chi connectivity index (χ2n) is 3.30. The molecule has 0 aliphatic heterocycles. The van der Waals surface area contributed by atoms with Gasteiger partial charge in [0, 0.05) is 11.8 Å². The van der Waals surface area contributed by atoms with Crippen LogP contribution >= 0.6 is 8.19 Å². The van der Waals surface area contributed by atoms with Crippen molar-refractivity contribution in [3.05, 3.63) is 54.7 Å². The lowest BCUT2D eigenvalue weighted by atomic mass is 10.2. The maximum atomic E-state index is 4.54. The van der Waals surface area contributed by atoms with Gasteiger partial charge in [0.2, 0.25) is 0 Å². The molecule has 3 heteroatoms. The first kappa shape index (κ1) is 8.63. The molecule has 0 atom stereocenters. The van der Waals surface area contributed by atoms with Gasteiger partial charge in [-0.1, -0.05) is 36.4 Å². The SMILES string of the molecule is c1ccc(-c2nn3ccccc3p2)cc1. The monoisotopic (exact) mass is 212 g/mol. The van der Waals surface area contributed by atoms with E-state index < -0.39 is 0 Å². The summed E-state index contributed by atoms with van der Waals surface area (Å²) in [4.78, 5) is 0. The Kier molecular flexibility index (Phi) is 2.01. The average molecular weight is 212 g/mol. The summed E-state index contributed by atoms with van der Waals surface area (Å²) in [5.41, 5.74) is 2.31. The summed E-state index contributed by atoms with van der Waals surface area (Å²) in [5.74, 6) is 0. The molecule has 3 rings (SSSR count). The van der Waals surface area contributed by atoms with Gasteiger partial charge in [-0.3, -0.25) is 0 Å². The molecule has 0 amide bonds. The summed E-state index contributed by atoms with van der Waals surface area (Å²) in [6, 6.07) is 16.4. The standard InChI is InChI=1S/C12H9N2P/c1-2-6-10(7-3-1)12-13-14-9-5-4-8-11(14)15-12/h1-9H. The van der Waals surface area contributed by atoms with Crippen LogP contribution in [0.2, 0.25) is 0 Å². The predicted octanol–water partition coefficient (Wildman–Crippen LogP) is 3.58. The highest BCUT2D eigenvalue weighted by molar-refractivity contribution is 7.39. The van der Waals surface area contributed by atoms with Crippen LogP contribution in [0.3, 0.4) is 0 Å². The van der Waals surface area contributed by atoms with Crippen LogP contribution in [0.4, 0.5) is 0 Å². The normalized spacial score (nSPS) is 11.2. The maximum Gasteiger partial charge on any atom is 0.120 e. The minimum atomic E-state index is 1.11. The summed E-state index contributed by atoms with van der Waals surface area (Å²) in [5, 5.41) is 5.76. The smallest absolute Gasteiger partial charge is 0.120 e. The van der Waals surface area contributed by atoms with E-state index in [1.54, 1.807) is 0 Å². The molecule has 0 spiro atoms. The van der Waals surface area contributed by atoms with Crippen molar-refractivity contribution >= 4 is 13.4 Å². The Morgan fingerprint density at radius 3 is 2.53 bits per heavy atom. The van der Waals surface area contributed by atoms with E-state index in [0.717, 1.165) is 5.43 Å². The molecule has 0 saturated heterocycles. The van der Waals surface area contributed by atoms with Crippen LogP contribution in [-0.4, -0.2) is 9.61 Å². The molecule has 0 bridgehead atoms. The van der Waals surface area contributed by atoms with Gasteiger partial charge in [-0.05, 0) is 20.3 Å². The van der Waals surface area contributed by atoms with Gasteiger partial charge in [-0.2, -0.15) is 5.10 Å². The van der Waals surface area contributed by atoms with E-state index in [1.165, 1.54) is 19.0 Å².